The van der Waals surface area contributed by atoms with Gasteiger partial charge in [0.25, 0.3) is 5.91 Å². The zero-order valence-electron chi connectivity index (χ0n) is 8.82. The number of nitrogens with zero attached hydrogens (tertiary/aromatic N) is 1. The van der Waals surface area contributed by atoms with E-state index in [1.807, 2.05) is 19.1 Å². The van der Waals surface area contributed by atoms with Gasteiger partial charge in [-0.3, -0.25) is 10.1 Å². The summed E-state index contributed by atoms with van der Waals surface area (Å²) in [4.78, 5) is 18.6. The van der Waals surface area contributed by atoms with Crippen LogP contribution >= 0.6 is 0 Å². The second-order valence-electron chi connectivity index (χ2n) is 3.43. The molecule has 1 amide bonds. The van der Waals surface area contributed by atoms with Crippen LogP contribution in [-0.4, -0.2) is 15.9 Å². The molecule has 0 fully saturated rings. The number of aryl methyl sites for hydroxylation is 1. The summed E-state index contributed by atoms with van der Waals surface area (Å²) in [5, 5.41) is 2.63. The molecule has 5 nitrogen and oxygen atoms in total. The summed E-state index contributed by atoms with van der Waals surface area (Å²) in [6.07, 6.45) is 3.20. The van der Waals surface area contributed by atoms with Crippen molar-refractivity contribution in [2.45, 2.75) is 6.92 Å². The number of H-pyrrole nitrogens is 1. The highest BCUT2D eigenvalue weighted by Crippen LogP contribution is 2.17. The number of aromatic nitrogens is 2. The van der Waals surface area contributed by atoms with Crippen molar-refractivity contribution in [2.75, 3.05) is 11.1 Å². The number of nitrogens with one attached hydrogen (secondary N) is 2. The summed E-state index contributed by atoms with van der Waals surface area (Å²) in [7, 11) is 0. The van der Waals surface area contributed by atoms with E-state index in [4.69, 9.17) is 5.73 Å². The van der Waals surface area contributed by atoms with Crippen LogP contribution in [0.15, 0.2) is 30.6 Å². The Balaban J connectivity index is 2.28. The highest BCUT2D eigenvalue weighted by atomic mass is 16.1. The second kappa shape index (κ2) is 4.06. The lowest BCUT2D eigenvalue weighted by molar-refractivity contribution is 0.102. The van der Waals surface area contributed by atoms with E-state index < -0.39 is 0 Å². The molecular weight excluding hydrogens is 204 g/mol. The number of amides is 1. The van der Waals surface area contributed by atoms with Crippen LogP contribution < -0.4 is 11.1 Å². The first-order valence-electron chi connectivity index (χ1n) is 4.84. The number of benzene rings is 1. The first-order chi connectivity index (χ1) is 7.68. The maximum atomic E-state index is 11.9. The largest absolute Gasteiger partial charge is 0.398 e. The topological polar surface area (TPSA) is 83.8 Å². The zero-order valence-corrected chi connectivity index (χ0v) is 8.82. The number of hydrogen-bond acceptors (Lipinski definition) is 3. The summed E-state index contributed by atoms with van der Waals surface area (Å²) < 4.78 is 0. The highest BCUT2D eigenvalue weighted by molar-refractivity contribution is 6.08. The molecule has 2 rings (SSSR count). The Hall–Kier alpha value is -2.30. The van der Waals surface area contributed by atoms with E-state index in [2.05, 4.69) is 15.3 Å². The maximum Gasteiger partial charge on any atom is 0.260 e. The number of carbonyl (C=O) groups excluding carboxylic acids is 1. The predicted molar refractivity (Wildman–Crippen MR) is 62.1 cm³/mol. The van der Waals surface area contributed by atoms with Crippen LogP contribution in [0.2, 0.25) is 0 Å². The van der Waals surface area contributed by atoms with E-state index in [0.29, 0.717) is 17.2 Å². The van der Waals surface area contributed by atoms with Gasteiger partial charge in [0.05, 0.1) is 5.56 Å². The average Bonchev–Trinajstić information content (AvgIpc) is 2.70. The van der Waals surface area contributed by atoms with E-state index >= 15 is 0 Å². The lowest BCUT2D eigenvalue weighted by Crippen LogP contribution is -2.16. The van der Waals surface area contributed by atoms with Crippen molar-refractivity contribution in [1.82, 2.24) is 9.97 Å². The van der Waals surface area contributed by atoms with Crippen molar-refractivity contribution in [1.29, 1.82) is 0 Å². The van der Waals surface area contributed by atoms with E-state index in [9.17, 15) is 4.79 Å². The molecule has 0 spiro atoms. The van der Waals surface area contributed by atoms with Gasteiger partial charge >= 0.3 is 0 Å². The molecule has 0 unspecified atom stereocenters. The molecule has 16 heavy (non-hydrogen) atoms. The first-order valence-corrected chi connectivity index (χ1v) is 4.84. The molecule has 1 aromatic heterocycles. The minimum atomic E-state index is -0.259. The third-order valence-electron chi connectivity index (χ3n) is 2.26. The van der Waals surface area contributed by atoms with Crippen molar-refractivity contribution in [2.24, 2.45) is 0 Å². The minimum Gasteiger partial charge on any atom is -0.398 e. The molecule has 0 bridgehead atoms. The van der Waals surface area contributed by atoms with Gasteiger partial charge in [-0.05, 0) is 18.6 Å². The minimum absolute atomic E-state index is 0.259. The van der Waals surface area contributed by atoms with Gasteiger partial charge in [-0.15, -0.1) is 0 Å². The molecule has 0 aliphatic carbocycles. The number of carbonyl (C=O) groups is 1. The number of nitrogens with two attached hydrogens (primary N) is 1. The third-order valence-corrected chi connectivity index (χ3v) is 2.26. The number of rotatable bonds is 2. The van der Waals surface area contributed by atoms with Crippen LogP contribution in [0.4, 0.5) is 11.6 Å². The third kappa shape index (κ3) is 1.88. The van der Waals surface area contributed by atoms with Gasteiger partial charge in [-0.25, -0.2) is 4.98 Å². The second-order valence-corrected chi connectivity index (χ2v) is 3.43. The van der Waals surface area contributed by atoms with Crippen molar-refractivity contribution >= 4 is 17.5 Å². The molecule has 2 aromatic rings. The number of hydrogen-bond donors (Lipinski definition) is 3. The van der Waals surface area contributed by atoms with Gasteiger partial charge in [0, 0.05) is 18.1 Å². The Bertz CT molecular complexity index is 484. The Morgan fingerprint density at radius 2 is 2.31 bits per heavy atom. The van der Waals surface area contributed by atoms with Crippen molar-refractivity contribution in [3.8, 4) is 0 Å². The molecule has 0 atom stereocenters. The maximum absolute atomic E-state index is 11.9. The van der Waals surface area contributed by atoms with Crippen LogP contribution in [-0.2, 0) is 0 Å². The van der Waals surface area contributed by atoms with Gasteiger partial charge in [0.2, 0.25) is 5.95 Å². The molecule has 82 valence electrons. The molecule has 4 N–H and O–H groups in total. The SMILES string of the molecule is Cc1cccc(N)c1C(=O)Nc1ncc[nH]1. The van der Waals surface area contributed by atoms with Crippen LogP contribution in [0.25, 0.3) is 0 Å². The lowest BCUT2D eigenvalue weighted by atomic mass is 10.1. The zero-order chi connectivity index (χ0) is 11.5. The smallest absolute Gasteiger partial charge is 0.260 e. The lowest BCUT2D eigenvalue weighted by Gasteiger charge is -2.08. The fourth-order valence-corrected chi connectivity index (χ4v) is 1.50. The Morgan fingerprint density at radius 3 is 2.94 bits per heavy atom. The monoisotopic (exact) mass is 216 g/mol. The van der Waals surface area contributed by atoms with Crippen LogP contribution in [0.3, 0.4) is 0 Å². The summed E-state index contributed by atoms with van der Waals surface area (Å²) in [6, 6.07) is 5.35. The molecule has 0 radical (unpaired) electrons. The summed E-state index contributed by atoms with van der Waals surface area (Å²) in [5.74, 6) is 0.151. The Labute approximate surface area is 92.7 Å². The molecule has 1 heterocycles. The van der Waals surface area contributed by atoms with Crippen LogP contribution in [0, 0.1) is 6.92 Å². The predicted octanol–water partition coefficient (Wildman–Crippen LogP) is 1.55. The molecular formula is C11H12N4O. The molecule has 0 saturated heterocycles. The molecule has 1 aromatic carbocycles. The number of aromatic amines is 1. The normalized spacial score (nSPS) is 10.1. The number of nitrogen functional groups attached to an aromatic ring is 1. The van der Waals surface area contributed by atoms with E-state index in [1.54, 1.807) is 18.5 Å². The van der Waals surface area contributed by atoms with Gasteiger partial charge in [0.1, 0.15) is 0 Å². The quantitative estimate of drug-likeness (QED) is 0.666. The standard InChI is InChI=1S/C11H12N4O/c1-7-3-2-4-8(12)9(7)10(16)15-11-13-5-6-14-11/h2-6H,12H2,1H3,(H2,13,14,15,16). The van der Waals surface area contributed by atoms with E-state index in [0.717, 1.165) is 5.56 Å². The average molecular weight is 216 g/mol. The fraction of sp³-hybridized carbons (Fsp3) is 0.0909. The van der Waals surface area contributed by atoms with Crippen LogP contribution in [0.1, 0.15) is 15.9 Å². The van der Waals surface area contributed by atoms with Gasteiger partial charge in [0.15, 0.2) is 0 Å². The molecule has 0 saturated carbocycles. The van der Waals surface area contributed by atoms with Crippen molar-refractivity contribution in [3.05, 3.63) is 41.7 Å². The van der Waals surface area contributed by atoms with Gasteiger partial charge < -0.3 is 10.7 Å². The first kappa shape index (κ1) is 10.2. The van der Waals surface area contributed by atoms with Crippen LogP contribution in [0.5, 0.6) is 0 Å². The fourth-order valence-electron chi connectivity index (χ4n) is 1.50. The number of imidazole rings is 1. The summed E-state index contributed by atoms with van der Waals surface area (Å²) in [5.41, 5.74) is 7.54. The highest BCUT2D eigenvalue weighted by Gasteiger charge is 2.13. The summed E-state index contributed by atoms with van der Waals surface area (Å²) >= 11 is 0. The van der Waals surface area contributed by atoms with E-state index in [1.165, 1.54) is 0 Å². The molecule has 0 aliphatic heterocycles. The van der Waals surface area contributed by atoms with E-state index in [-0.39, 0.29) is 5.91 Å². The Morgan fingerprint density at radius 1 is 1.50 bits per heavy atom. The molecule has 5 heteroatoms. The van der Waals surface area contributed by atoms with Crippen molar-refractivity contribution < 1.29 is 4.79 Å². The summed E-state index contributed by atoms with van der Waals surface area (Å²) in [6.45, 7) is 1.84. The van der Waals surface area contributed by atoms with Gasteiger partial charge in [-0.1, -0.05) is 12.1 Å². The van der Waals surface area contributed by atoms with Gasteiger partial charge in [-0.2, -0.15) is 0 Å². The van der Waals surface area contributed by atoms with Crippen molar-refractivity contribution in [3.63, 3.8) is 0 Å². The Kier molecular flexibility index (Phi) is 2.59. The molecule has 0 aliphatic rings. The number of anilines is 2.